The second-order valence-corrected chi connectivity index (χ2v) is 5.43. The number of halogens is 1. The van der Waals surface area contributed by atoms with Crippen LogP contribution in [0.3, 0.4) is 0 Å². The van der Waals surface area contributed by atoms with E-state index in [9.17, 15) is 5.11 Å². The van der Waals surface area contributed by atoms with Crippen molar-refractivity contribution < 1.29 is 5.11 Å². The van der Waals surface area contributed by atoms with Gasteiger partial charge >= 0.3 is 0 Å². The van der Waals surface area contributed by atoms with E-state index in [0.29, 0.717) is 0 Å². The largest absolute Gasteiger partial charge is 0.394 e. The molecule has 0 amide bonds. The number of rotatable bonds is 3. The van der Waals surface area contributed by atoms with Gasteiger partial charge in [-0.15, -0.1) is 0 Å². The Morgan fingerprint density at radius 2 is 2.20 bits per heavy atom. The van der Waals surface area contributed by atoms with E-state index in [0.717, 1.165) is 10.3 Å². The Morgan fingerprint density at radius 1 is 1.53 bits per heavy atom. The maximum atomic E-state index is 9.31. The predicted octanol–water partition coefficient (Wildman–Crippen LogP) is 2.66. The number of pyridine rings is 1. The summed E-state index contributed by atoms with van der Waals surface area (Å²) in [6.07, 6.45) is 1.73. The topological polar surface area (TPSA) is 45.1 Å². The molecule has 84 valence electrons. The van der Waals surface area contributed by atoms with Gasteiger partial charge in [0.25, 0.3) is 0 Å². The van der Waals surface area contributed by atoms with Gasteiger partial charge in [-0.05, 0) is 33.5 Å². The first kappa shape index (κ1) is 12.5. The van der Waals surface area contributed by atoms with Gasteiger partial charge < -0.3 is 10.4 Å². The normalized spacial score (nSPS) is 13.7. The second kappa shape index (κ2) is 4.94. The zero-order chi connectivity index (χ0) is 11.5. The molecule has 1 aromatic rings. The highest BCUT2D eigenvalue weighted by Gasteiger charge is 2.24. The van der Waals surface area contributed by atoms with Crippen LogP contribution in [-0.4, -0.2) is 22.7 Å². The Bertz CT molecular complexity index is 323. The third-order valence-corrected chi connectivity index (χ3v) is 2.94. The molecule has 0 saturated heterocycles. The summed E-state index contributed by atoms with van der Waals surface area (Å²) in [7, 11) is 0. The fraction of sp³-hybridized carbons (Fsp3) is 0.545. The Balaban J connectivity index is 2.80. The molecule has 1 aromatic heterocycles. The molecule has 1 rings (SSSR count). The minimum absolute atomic E-state index is 0.00822. The molecule has 2 N–H and O–H groups in total. The molecule has 1 unspecified atom stereocenters. The van der Waals surface area contributed by atoms with E-state index in [2.05, 4.69) is 47.0 Å². The van der Waals surface area contributed by atoms with Crippen LogP contribution in [0.5, 0.6) is 0 Å². The Morgan fingerprint density at radius 3 is 2.67 bits per heavy atom. The molecule has 0 radical (unpaired) electrons. The van der Waals surface area contributed by atoms with Crippen molar-refractivity contribution in [1.29, 1.82) is 0 Å². The average Bonchev–Trinajstić information content (AvgIpc) is 2.14. The number of hydrogen-bond donors (Lipinski definition) is 2. The molecule has 0 bridgehead atoms. The summed E-state index contributed by atoms with van der Waals surface area (Å²) in [5.41, 5.74) is -0.00822. The van der Waals surface area contributed by atoms with Crippen LogP contribution in [0.1, 0.15) is 20.8 Å². The lowest BCUT2D eigenvalue weighted by atomic mass is 9.87. The van der Waals surface area contributed by atoms with Crippen LogP contribution in [0.4, 0.5) is 5.82 Å². The molecule has 0 saturated carbocycles. The highest BCUT2D eigenvalue weighted by atomic mass is 79.9. The highest BCUT2D eigenvalue weighted by Crippen LogP contribution is 2.25. The number of aliphatic hydroxyl groups is 1. The van der Waals surface area contributed by atoms with E-state index in [1.165, 1.54) is 0 Å². The third kappa shape index (κ3) is 3.47. The maximum Gasteiger partial charge on any atom is 0.140 e. The molecule has 3 nitrogen and oxygen atoms in total. The minimum Gasteiger partial charge on any atom is -0.394 e. The summed E-state index contributed by atoms with van der Waals surface area (Å²) in [6, 6.07) is 3.77. The number of nitrogens with one attached hydrogen (secondary N) is 1. The highest BCUT2D eigenvalue weighted by molar-refractivity contribution is 9.10. The van der Waals surface area contributed by atoms with Gasteiger partial charge in [0.15, 0.2) is 0 Å². The molecule has 0 fully saturated rings. The number of anilines is 1. The van der Waals surface area contributed by atoms with E-state index in [-0.39, 0.29) is 18.1 Å². The van der Waals surface area contributed by atoms with Crippen LogP contribution in [0.15, 0.2) is 22.8 Å². The van der Waals surface area contributed by atoms with Gasteiger partial charge in [-0.25, -0.2) is 4.98 Å². The first-order valence-corrected chi connectivity index (χ1v) is 5.72. The van der Waals surface area contributed by atoms with Crippen LogP contribution in [-0.2, 0) is 0 Å². The fourth-order valence-corrected chi connectivity index (χ4v) is 1.56. The van der Waals surface area contributed by atoms with Crippen LogP contribution in [0.2, 0.25) is 0 Å². The summed E-state index contributed by atoms with van der Waals surface area (Å²) in [5, 5.41) is 12.5. The third-order valence-electron chi connectivity index (χ3n) is 2.30. The van der Waals surface area contributed by atoms with Crippen molar-refractivity contribution in [3.63, 3.8) is 0 Å². The van der Waals surface area contributed by atoms with Gasteiger partial charge in [-0.2, -0.15) is 0 Å². The first-order chi connectivity index (χ1) is 6.95. The second-order valence-electron chi connectivity index (χ2n) is 4.58. The average molecular weight is 273 g/mol. The van der Waals surface area contributed by atoms with Crippen LogP contribution in [0.25, 0.3) is 0 Å². The van der Waals surface area contributed by atoms with Crippen LogP contribution >= 0.6 is 15.9 Å². The van der Waals surface area contributed by atoms with Crippen molar-refractivity contribution in [2.24, 2.45) is 5.41 Å². The molecular weight excluding hydrogens is 256 g/mol. The molecule has 1 heterocycles. The van der Waals surface area contributed by atoms with E-state index in [1.54, 1.807) is 6.20 Å². The lowest BCUT2D eigenvalue weighted by molar-refractivity contribution is 0.201. The fourth-order valence-electron chi connectivity index (χ4n) is 1.19. The molecule has 0 spiro atoms. The molecular formula is C11H17BrN2O. The van der Waals surface area contributed by atoms with E-state index >= 15 is 0 Å². The standard InChI is InChI=1S/C11H17BrN2O/c1-11(2,3)9(7-15)14-10-8(12)5-4-6-13-10/h4-6,9,15H,7H2,1-3H3,(H,13,14). The number of hydrogen-bond acceptors (Lipinski definition) is 3. The maximum absolute atomic E-state index is 9.31. The quantitative estimate of drug-likeness (QED) is 0.890. The molecule has 0 aliphatic rings. The van der Waals surface area contributed by atoms with Crippen molar-refractivity contribution in [2.75, 3.05) is 11.9 Å². The van der Waals surface area contributed by atoms with Crippen LogP contribution in [0, 0.1) is 5.41 Å². The lowest BCUT2D eigenvalue weighted by Crippen LogP contribution is -2.37. The van der Waals surface area contributed by atoms with Crippen molar-refractivity contribution in [3.8, 4) is 0 Å². The van der Waals surface area contributed by atoms with Gasteiger partial charge in [0.05, 0.1) is 17.1 Å². The van der Waals surface area contributed by atoms with Crippen molar-refractivity contribution in [1.82, 2.24) is 4.98 Å². The molecule has 4 heteroatoms. The molecule has 0 aliphatic heterocycles. The summed E-state index contributed by atoms with van der Waals surface area (Å²) >= 11 is 3.41. The van der Waals surface area contributed by atoms with E-state index in [1.807, 2.05) is 12.1 Å². The van der Waals surface area contributed by atoms with Crippen molar-refractivity contribution >= 4 is 21.7 Å². The van der Waals surface area contributed by atoms with E-state index < -0.39 is 0 Å². The van der Waals surface area contributed by atoms with E-state index in [4.69, 9.17) is 0 Å². The Hall–Kier alpha value is -0.610. The minimum atomic E-state index is -0.0105. The molecule has 1 atom stereocenters. The zero-order valence-electron chi connectivity index (χ0n) is 9.29. The van der Waals surface area contributed by atoms with Crippen molar-refractivity contribution in [3.05, 3.63) is 22.8 Å². The summed E-state index contributed by atoms with van der Waals surface area (Å²) in [5.74, 6) is 0.770. The number of aromatic nitrogens is 1. The zero-order valence-corrected chi connectivity index (χ0v) is 10.9. The van der Waals surface area contributed by atoms with Gasteiger partial charge in [0.2, 0.25) is 0 Å². The Kier molecular flexibility index (Phi) is 4.11. The van der Waals surface area contributed by atoms with Gasteiger partial charge in [-0.3, -0.25) is 0 Å². The number of aliphatic hydroxyl groups excluding tert-OH is 1. The van der Waals surface area contributed by atoms with Gasteiger partial charge in [-0.1, -0.05) is 20.8 Å². The lowest BCUT2D eigenvalue weighted by Gasteiger charge is -2.30. The van der Waals surface area contributed by atoms with Crippen molar-refractivity contribution in [2.45, 2.75) is 26.8 Å². The molecule has 15 heavy (non-hydrogen) atoms. The monoisotopic (exact) mass is 272 g/mol. The molecule has 0 aliphatic carbocycles. The van der Waals surface area contributed by atoms with Gasteiger partial charge in [0, 0.05) is 6.20 Å². The summed E-state index contributed by atoms with van der Waals surface area (Å²) in [6.45, 7) is 6.33. The Labute approximate surface area is 99.1 Å². The number of nitrogens with zero attached hydrogens (tertiary/aromatic N) is 1. The summed E-state index contributed by atoms with van der Waals surface area (Å²) in [4.78, 5) is 4.21. The van der Waals surface area contributed by atoms with Gasteiger partial charge in [0.1, 0.15) is 5.82 Å². The van der Waals surface area contributed by atoms with Crippen LogP contribution < -0.4 is 5.32 Å². The summed E-state index contributed by atoms with van der Waals surface area (Å²) < 4.78 is 0.910. The molecule has 0 aromatic carbocycles. The predicted molar refractivity (Wildman–Crippen MR) is 65.9 cm³/mol. The smallest absolute Gasteiger partial charge is 0.140 e. The first-order valence-electron chi connectivity index (χ1n) is 4.93. The SMILES string of the molecule is CC(C)(C)C(CO)Nc1ncccc1Br.